The van der Waals surface area contributed by atoms with E-state index in [0.717, 1.165) is 42.9 Å². The van der Waals surface area contributed by atoms with E-state index >= 15 is 0 Å². The van der Waals surface area contributed by atoms with E-state index in [1.54, 1.807) is 17.5 Å². The van der Waals surface area contributed by atoms with Crippen LogP contribution in [0.5, 0.6) is 0 Å². The number of rotatable bonds is 5. The van der Waals surface area contributed by atoms with Gasteiger partial charge in [-0.05, 0) is 31.0 Å². The van der Waals surface area contributed by atoms with Gasteiger partial charge in [-0.2, -0.15) is 5.10 Å². The second kappa shape index (κ2) is 6.73. The Labute approximate surface area is 144 Å². The Hall–Kier alpha value is -2.21. The van der Waals surface area contributed by atoms with Crippen molar-refractivity contribution in [3.05, 3.63) is 47.7 Å². The number of thiazole rings is 1. The van der Waals surface area contributed by atoms with Crippen LogP contribution in [0.2, 0.25) is 0 Å². The summed E-state index contributed by atoms with van der Waals surface area (Å²) >= 11 is 1.69. The lowest BCUT2D eigenvalue weighted by Gasteiger charge is -2.24. The first-order valence-electron chi connectivity index (χ1n) is 8.41. The molecule has 3 aromatic rings. The first kappa shape index (κ1) is 15.3. The summed E-state index contributed by atoms with van der Waals surface area (Å²) in [5, 5.41) is 5.31. The molecule has 3 heterocycles. The molecule has 0 spiro atoms. The number of amides is 1. The monoisotopic (exact) mass is 340 g/mol. The van der Waals surface area contributed by atoms with Crippen LogP contribution < -0.4 is 0 Å². The van der Waals surface area contributed by atoms with E-state index in [4.69, 9.17) is 0 Å². The first-order chi connectivity index (χ1) is 11.8. The third kappa shape index (κ3) is 3.19. The summed E-state index contributed by atoms with van der Waals surface area (Å²) in [6, 6.07) is 10.3. The van der Waals surface area contributed by atoms with E-state index in [1.807, 2.05) is 40.0 Å². The fourth-order valence-electron chi connectivity index (χ4n) is 3.36. The Kier molecular flexibility index (Phi) is 4.30. The van der Waals surface area contributed by atoms with Gasteiger partial charge in [-0.1, -0.05) is 12.1 Å². The Morgan fingerprint density at radius 3 is 3.04 bits per heavy atom. The van der Waals surface area contributed by atoms with Gasteiger partial charge in [-0.3, -0.25) is 9.48 Å². The molecular formula is C18H20N4OS. The molecule has 0 N–H and O–H groups in total. The van der Waals surface area contributed by atoms with Crippen LogP contribution in [0.1, 0.15) is 24.3 Å². The maximum atomic E-state index is 12.6. The van der Waals surface area contributed by atoms with Crippen LogP contribution in [-0.4, -0.2) is 38.2 Å². The summed E-state index contributed by atoms with van der Waals surface area (Å²) in [6.07, 6.45) is 7.15. The maximum absolute atomic E-state index is 12.6. The number of nitrogens with zero attached hydrogens (tertiary/aromatic N) is 4. The zero-order chi connectivity index (χ0) is 16.4. The maximum Gasteiger partial charge on any atom is 0.223 e. The van der Waals surface area contributed by atoms with Gasteiger partial charge in [-0.15, -0.1) is 11.3 Å². The van der Waals surface area contributed by atoms with Crippen molar-refractivity contribution in [3.8, 4) is 0 Å². The zero-order valence-electron chi connectivity index (χ0n) is 13.5. The molecule has 1 fully saturated rings. The highest BCUT2D eigenvalue weighted by Gasteiger charge is 2.28. The third-order valence-electron chi connectivity index (χ3n) is 4.55. The molecule has 0 aliphatic carbocycles. The van der Waals surface area contributed by atoms with Crippen molar-refractivity contribution in [2.24, 2.45) is 0 Å². The molecule has 5 nitrogen and oxygen atoms in total. The number of hydrogen-bond donors (Lipinski definition) is 0. The van der Waals surface area contributed by atoms with Crippen molar-refractivity contribution in [3.63, 3.8) is 0 Å². The number of para-hydroxylation sites is 1. The number of carbonyl (C=O) groups is 1. The Bertz CT molecular complexity index is 794. The van der Waals surface area contributed by atoms with Gasteiger partial charge in [0.25, 0.3) is 0 Å². The van der Waals surface area contributed by atoms with Gasteiger partial charge in [0.15, 0.2) is 0 Å². The molecule has 4 rings (SSSR count). The number of likely N-dealkylation sites (tertiary alicyclic amines) is 1. The molecule has 2 aromatic heterocycles. The van der Waals surface area contributed by atoms with Gasteiger partial charge < -0.3 is 4.90 Å². The lowest BCUT2D eigenvalue weighted by molar-refractivity contribution is -0.132. The van der Waals surface area contributed by atoms with E-state index in [2.05, 4.69) is 16.1 Å². The standard InChI is InChI=1S/C18H20N4OS/c23-18(9-8-17-20-15-6-1-2-7-16(15)24-17)22-12-3-5-14(22)13-21-11-4-10-19-21/h1-2,4,6-7,10-11,14H,3,5,8-9,12-13H2/t14-/m1/s1. The second-order valence-corrected chi connectivity index (χ2v) is 7.30. The van der Waals surface area contributed by atoms with E-state index in [9.17, 15) is 4.79 Å². The van der Waals surface area contributed by atoms with Gasteiger partial charge in [0.05, 0.1) is 27.8 Å². The van der Waals surface area contributed by atoms with Crippen LogP contribution in [0.15, 0.2) is 42.7 Å². The molecule has 1 aromatic carbocycles. The van der Waals surface area contributed by atoms with Crippen molar-refractivity contribution >= 4 is 27.5 Å². The molecule has 0 bridgehead atoms. The lowest BCUT2D eigenvalue weighted by Crippen LogP contribution is -2.38. The summed E-state index contributed by atoms with van der Waals surface area (Å²) in [6.45, 7) is 1.66. The molecule has 1 saturated heterocycles. The van der Waals surface area contributed by atoms with Gasteiger partial charge in [0.1, 0.15) is 0 Å². The van der Waals surface area contributed by atoms with Crippen molar-refractivity contribution in [1.29, 1.82) is 0 Å². The quantitative estimate of drug-likeness (QED) is 0.717. The molecule has 1 atom stereocenters. The summed E-state index contributed by atoms with van der Waals surface area (Å²) in [5.41, 5.74) is 1.03. The number of carbonyl (C=O) groups excluding carboxylic acids is 1. The topological polar surface area (TPSA) is 51.0 Å². The van der Waals surface area contributed by atoms with Crippen molar-refractivity contribution in [1.82, 2.24) is 19.7 Å². The molecular weight excluding hydrogens is 320 g/mol. The Morgan fingerprint density at radius 2 is 2.21 bits per heavy atom. The summed E-state index contributed by atoms with van der Waals surface area (Å²) < 4.78 is 3.11. The zero-order valence-corrected chi connectivity index (χ0v) is 14.3. The molecule has 1 amide bonds. The van der Waals surface area contributed by atoms with Crippen LogP contribution >= 0.6 is 11.3 Å². The van der Waals surface area contributed by atoms with Crippen LogP contribution in [0, 0.1) is 0 Å². The lowest BCUT2D eigenvalue weighted by atomic mass is 10.2. The van der Waals surface area contributed by atoms with Gasteiger partial charge in [0.2, 0.25) is 5.91 Å². The van der Waals surface area contributed by atoms with Gasteiger partial charge >= 0.3 is 0 Å². The van der Waals surface area contributed by atoms with Crippen LogP contribution in [0.4, 0.5) is 0 Å². The number of hydrogen-bond acceptors (Lipinski definition) is 4. The molecule has 0 radical (unpaired) electrons. The van der Waals surface area contributed by atoms with Gasteiger partial charge in [0, 0.05) is 31.8 Å². The fourth-order valence-corrected chi connectivity index (χ4v) is 4.33. The predicted molar refractivity (Wildman–Crippen MR) is 94.9 cm³/mol. The van der Waals surface area contributed by atoms with E-state index in [0.29, 0.717) is 6.42 Å². The number of benzene rings is 1. The second-order valence-electron chi connectivity index (χ2n) is 6.19. The largest absolute Gasteiger partial charge is 0.338 e. The number of aryl methyl sites for hydroxylation is 1. The van der Waals surface area contributed by atoms with Crippen LogP contribution in [0.3, 0.4) is 0 Å². The van der Waals surface area contributed by atoms with E-state index < -0.39 is 0 Å². The van der Waals surface area contributed by atoms with Crippen molar-refractivity contribution in [2.45, 2.75) is 38.3 Å². The van der Waals surface area contributed by atoms with E-state index in [1.165, 1.54) is 4.70 Å². The minimum atomic E-state index is 0.240. The van der Waals surface area contributed by atoms with E-state index in [-0.39, 0.29) is 11.9 Å². The Balaban J connectivity index is 1.38. The van der Waals surface area contributed by atoms with Crippen molar-refractivity contribution < 1.29 is 4.79 Å². The predicted octanol–water partition coefficient (Wildman–Crippen LogP) is 3.12. The normalized spacial score (nSPS) is 17.7. The van der Waals surface area contributed by atoms with Crippen LogP contribution in [-0.2, 0) is 17.8 Å². The highest BCUT2D eigenvalue weighted by atomic mass is 32.1. The molecule has 124 valence electrons. The number of fused-ring (bicyclic) bond motifs is 1. The average molecular weight is 340 g/mol. The summed E-state index contributed by atoms with van der Waals surface area (Å²) in [7, 11) is 0. The molecule has 0 unspecified atom stereocenters. The minimum absolute atomic E-state index is 0.240. The molecule has 1 aliphatic heterocycles. The molecule has 24 heavy (non-hydrogen) atoms. The smallest absolute Gasteiger partial charge is 0.223 e. The van der Waals surface area contributed by atoms with Crippen LogP contribution in [0.25, 0.3) is 10.2 Å². The molecule has 6 heteroatoms. The number of aromatic nitrogens is 3. The SMILES string of the molecule is O=C(CCc1nc2ccccc2s1)N1CCC[C@@H]1Cn1cccn1. The fraction of sp³-hybridized carbons (Fsp3) is 0.389. The Morgan fingerprint density at radius 1 is 1.29 bits per heavy atom. The highest BCUT2D eigenvalue weighted by Crippen LogP contribution is 2.24. The first-order valence-corrected chi connectivity index (χ1v) is 9.22. The average Bonchev–Trinajstić information content (AvgIpc) is 3.33. The minimum Gasteiger partial charge on any atom is -0.338 e. The molecule has 0 saturated carbocycles. The van der Waals surface area contributed by atoms with Gasteiger partial charge in [-0.25, -0.2) is 4.98 Å². The summed E-state index contributed by atoms with van der Waals surface area (Å²) in [4.78, 5) is 19.3. The summed E-state index contributed by atoms with van der Waals surface area (Å²) in [5.74, 6) is 0.240. The highest BCUT2D eigenvalue weighted by molar-refractivity contribution is 7.18. The third-order valence-corrected chi connectivity index (χ3v) is 5.64. The molecule has 1 aliphatic rings. The van der Waals surface area contributed by atoms with Crippen molar-refractivity contribution in [2.75, 3.05) is 6.54 Å².